The summed E-state index contributed by atoms with van der Waals surface area (Å²) in [6.07, 6.45) is 5.60. The number of hydrogen-bond acceptors (Lipinski definition) is 5. The third-order valence-corrected chi connectivity index (χ3v) is 6.84. The molecule has 2 aliphatic rings. The number of ether oxygens (including phenoxy) is 1. The highest BCUT2D eigenvalue weighted by Crippen LogP contribution is 2.40. The molecule has 6 heteroatoms. The van der Waals surface area contributed by atoms with E-state index in [0.29, 0.717) is 13.2 Å². The zero-order valence-electron chi connectivity index (χ0n) is 19.3. The minimum Gasteiger partial charge on any atom is -0.503 e. The van der Waals surface area contributed by atoms with Gasteiger partial charge in [0.05, 0.1) is 6.04 Å². The van der Waals surface area contributed by atoms with Crippen LogP contribution in [0.1, 0.15) is 41.5 Å². The van der Waals surface area contributed by atoms with Crippen molar-refractivity contribution in [3.05, 3.63) is 106 Å². The summed E-state index contributed by atoms with van der Waals surface area (Å²) < 4.78 is 7.85. The van der Waals surface area contributed by atoms with Gasteiger partial charge in [0.25, 0.3) is 0 Å². The van der Waals surface area contributed by atoms with Crippen molar-refractivity contribution in [2.24, 2.45) is 17.8 Å². The largest absolute Gasteiger partial charge is 0.503 e. The molecule has 3 atom stereocenters. The van der Waals surface area contributed by atoms with Crippen LogP contribution in [0.4, 0.5) is 0 Å². The quantitative estimate of drug-likeness (QED) is 0.582. The third kappa shape index (κ3) is 3.69. The van der Waals surface area contributed by atoms with Crippen LogP contribution in [0.25, 0.3) is 0 Å². The van der Waals surface area contributed by atoms with Gasteiger partial charge in [0.2, 0.25) is 5.43 Å². The Kier molecular flexibility index (Phi) is 5.74. The first-order valence-corrected chi connectivity index (χ1v) is 11.7. The first-order chi connectivity index (χ1) is 16.5. The molecule has 0 fully saturated rings. The molecule has 5 rings (SSSR count). The maximum absolute atomic E-state index is 13.7. The monoisotopic (exact) mass is 456 g/mol. The first-order valence-electron chi connectivity index (χ1n) is 11.7. The fourth-order valence-corrected chi connectivity index (χ4v) is 5.19. The van der Waals surface area contributed by atoms with Crippen molar-refractivity contribution in [3.63, 3.8) is 0 Å². The first kappa shape index (κ1) is 22.0. The Hall–Kier alpha value is -3.80. The van der Waals surface area contributed by atoms with Crippen LogP contribution in [0.2, 0.25) is 0 Å². The van der Waals surface area contributed by atoms with Gasteiger partial charge in [-0.05, 0) is 23.5 Å². The van der Waals surface area contributed by atoms with E-state index >= 15 is 0 Å². The van der Waals surface area contributed by atoms with E-state index < -0.39 is 17.1 Å². The molecule has 1 unspecified atom stereocenters. The number of Topliss-reactive ketones (excluding diaryl/α,β-unsaturated/α-hetero) is 1. The molecule has 0 aliphatic carbocycles. The van der Waals surface area contributed by atoms with Crippen LogP contribution in [0.3, 0.4) is 0 Å². The number of aromatic hydroxyl groups is 1. The van der Waals surface area contributed by atoms with Gasteiger partial charge in [0.1, 0.15) is 12.4 Å². The molecule has 1 N–H and O–H groups in total. The number of hydrogen-bond donors (Lipinski definition) is 1. The van der Waals surface area contributed by atoms with E-state index in [2.05, 4.69) is 18.9 Å². The highest BCUT2D eigenvalue weighted by molar-refractivity contribution is 6.00. The van der Waals surface area contributed by atoms with Crippen LogP contribution in [0.15, 0.2) is 83.8 Å². The second-order valence-electron chi connectivity index (χ2n) is 9.23. The van der Waals surface area contributed by atoms with Crippen molar-refractivity contribution >= 4 is 5.78 Å². The molecule has 2 bridgehead atoms. The van der Waals surface area contributed by atoms with Gasteiger partial charge in [-0.3, -0.25) is 19.3 Å². The molecule has 0 saturated carbocycles. The summed E-state index contributed by atoms with van der Waals surface area (Å²) >= 11 is 0. The molecule has 0 radical (unpaired) electrons. The van der Waals surface area contributed by atoms with Gasteiger partial charge in [0.15, 0.2) is 17.2 Å². The van der Waals surface area contributed by atoms with Gasteiger partial charge in [-0.15, -0.1) is 0 Å². The van der Waals surface area contributed by atoms with Gasteiger partial charge in [-0.1, -0.05) is 74.5 Å². The number of allylic oxidation sites excluding steroid dienone is 1. The lowest BCUT2D eigenvalue weighted by Crippen LogP contribution is -2.52. The summed E-state index contributed by atoms with van der Waals surface area (Å²) in [6, 6.07) is 18.9. The van der Waals surface area contributed by atoms with Gasteiger partial charge in [0, 0.05) is 30.3 Å². The zero-order chi connectivity index (χ0) is 23.8. The van der Waals surface area contributed by atoms with Crippen LogP contribution in [-0.4, -0.2) is 28.7 Å². The number of rotatable bonds is 2. The molecule has 0 amide bonds. The van der Waals surface area contributed by atoms with Gasteiger partial charge in [-0.2, -0.15) is 0 Å². The molecule has 2 aliphatic heterocycles. The summed E-state index contributed by atoms with van der Waals surface area (Å²) in [5, 5.41) is 12.8. The SMILES string of the molecule is CC(C)[C@H]1/C=C/COc2ccccc2[C@H](c2ccccc2)N2CC1C(=O)c1c(O)c(=O)ccn12. The third-order valence-electron chi connectivity index (χ3n) is 6.84. The maximum Gasteiger partial charge on any atom is 0.224 e. The number of aromatic nitrogens is 1. The molecule has 6 nitrogen and oxygen atoms in total. The number of carbonyl (C=O) groups excluding carboxylic acids is 1. The van der Waals surface area contributed by atoms with Crippen molar-refractivity contribution in [1.82, 2.24) is 4.68 Å². The number of benzene rings is 2. The van der Waals surface area contributed by atoms with Crippen molar-refractivity contribution < 1.29 is 14.6 Å². The lowest BCUT2D eigenvalue weighted by molar-refractivity contribution is 0.0822. The molecule has 1 aromatic heterocycles. The topological polar surface area (TPSA) is 71.8 Å². The summed E-state index contributed by atoms with van der Waals surface area (Å²) in [7, 11) is 0. The van der Waals surface area contributed by atoms with Crippen molar-refractivity contribution in [1.29, 1.82) is 0 Å². The molecular weight excluding hydrogens is 428 g/mol. The fraction of sp³-hybridized carbons (Fsp3) is 0.286. The molecule has 174 valence electrons. The average Bonchev–Trinajstić information content (AvgIpc) is 2.86. The Labute approximate surface area is 198 Å². The van der Waals surface area contributed by atoms with Crippen LogP contribution in [0.5, 0.6) is 11.5 Å². The van der Waals surface area contributed by atoms with E-state index in [4.69, 9.17) is 4.74 Å². The Morgan fingerprint density at radius 3 is 2.50 bits per heavy atom. The van der Waals surface area contributed by atoms with E-state index in [1.54, 1.807) is 10.9 Å². The van der Waals surface area contributed by atoms with Crippen molar-refractivity contribution in [2.75, 3.05) is 18.2 Å². The van der Waals surface area contributed by atoms with E-state index in [1.807, 2.05) is 66.7 Å². The standard InChI is InChI=1S/C28H28N2O4/c1-18(2)20-12-8-16-34-24-13-7-6-11-21(24)25(19-9-4-3-5-10-19)30-17-22(20)27(32)26-28(33)23(31)14-15-29(26)30/h3-15,18,20,22,25,33H,16-17H2,1-2H3/b12-8+/t20-,22?,25+/m1/s1. The van der Waals surface area contributed by atoms with Gasteiger partial charge in [-0.25, -0.2) is 0 Å². The Bertz CT molecular complexity index is 1300. The van der Waals surface area contributed by atoms with Crippen molar-refractivity contribution in [3.8, 4) is 11.5 Å². The number of carbonyl (C=O) groups is 1. The Balaban J connectivity index is 1.82. The number of ketones is 1. The number of pyridine rings is 1. The molecular formula is C28H28N2O4. The minimum atomic E-state index is -0.554. The average molecular weight is 457 g/mol. The molecule has 3 heterocycles. The van der Waals surface area contributed by atoms with Crippen LogP contribution in [0, 0.1) is 17.8 Å². The van der Waals surface area contributed by atoms with Crippen LogP contribution < -0.4 is 15.2 Å². The number of fused-ring (bicyclic) bond motifs is 5. The second-order valence-corrected chi connectivity index (χ2v) is 9.23. The van der Waals surface area contributed by atoms with E-state index in [9.17, 15) is 14.7 Å². The summed E-state index contributed by atoms with van der Waals surface area (Å²) in [4.78, 5) is 26.1. The molecule has 0 spiro atoms. The van der Waals surface area contributed by atoms with E-state index in [0.717, 1.165) is 16.9 Å². The molecule has 3 aromatic rings. The lowest BCUT2D eigenvalue weighted by Gasteiger charge is -2.44. The summed E-state index contributed by atoms with van der Waals surface area (Å²) in [5.41, 5.74) is 1.45. The molecule has 2 aromatic carbocycles. The van der Waals surface area contributed by atoms with Crippen molar-refractivity contribution in [2.45, 2.75) is 19.9 Å². The van der Waals surface area contributed by atoms with E-state index in [-0.39, 0.29) is 29.4 Å². The Morgan fingerprint density at radius 1 is 1.00 bits per heavy atom. The zero-order valence-corrected chi connectivity index (χ0v) is 19.3. The number of para-hydroxylation sites is 1. The highest BCUT2D eigenvalue weighted by atomic mass is 16.5. The highest BCUT2D eigenvalue weighted by Gasteiger charge is 2.42. The summed E-state index contributed by atoms with van der Waals surface area (Å²) in [5.74, 6) is -0.297. The minimum absolute atomic E-state index is 0.0429. The molecule has 0 saturated heterocycles. The van der Waals surface area contributed by atoms with Gasteiger partial charge >= 0.3 is 0 Å². The molecule has 34 heavy (non-hydrogen) atoms. The maximum atomic E-state index is 13.7. The fourth-order valence-electron chi connectivity index (χ4n) is 5.19. The smallest absolute Gasteiger partial charge is 0.224 e. The second kappa shape index (κ2) is 8.86. The van der Waals surface area contributed by atoms with Crippen LogP contribution in [-0.2, 0) is 0 Å². The predicted octanol–water partition coefficient (Wildman–Crippen LogP) is 4.31. The predicted molar refractivity (Wildman–Crippen MR) is 131 cm³/mol. The van der Waals surface area contributed by atoms with Crippen LogP contribution >= 0.6 is 0 Å². The van der Waals surface area contributed by atoms with Gasteiger partial charge < -0.3 is 9.84 Å². The summed E-state index contributed by atoms with van der Waals surface area (Å²) in [6.45, 7) is 4.99. The van der Waals surface area contributed by atoms with E-state index in [1.165, 1.54) is 6.07 Å². The lowest BCUT2D eigenvalue weighted by atomic mass is 9.78. The normalized spacial score (nSPS) is 22.9. The number of nitrogens with zero attached hydrogens (tertiary/aromatic N) is 2. The Morgan fingerprint density at radius 2 is 1.74 bits per heavy atom.